The Morgan fingerprint density at radius 1 is 0.467 bits per heavy atom. The zero-order chi connectivity index (χ0) is 33.7. The molecule has 0 saturated carbocycles. The van der Waals surface area contributed by atoms with E-state index >= 15 is 0 Å². The van der Waals surface area contributed by atoms with Crippen molar-refractivity contribution in [2.45, 2.75) is 112 Å². The quantitative estimate of drug-likeness (QED) is 0.228. The van der Waals surface area contributed by atoms with E-state index in [9.17, 15) is 10.2 Å². The number of phenolic OH excluding ortho intramolecular Hbond substituents is 2. The van der Waals surface area contributed by atoms with Gasteiger partial charge in [0, 0.05) is 22.3 Å². The maximum absolute atomic E-state index is 11.3. The smallest absolute Gasteiger partial charge is 0.123 e. The molecule has 0 spiro atoms. The highest BCUT2D eigenvalue weighted by Crippen LogP contribution is 2.44. The lowest BCUT2D eigenvalue weighted by molar-refractivity contribution is 0.422. The van der Waals surface area contributed by atoms with Crippen molar-refractivity contribution in [3.63, 3.8) is 0 Å². The first-order valence-corrected chi connectivity index (χ1v) is 16.2. The van der Waals surface area contributed by atoms with Gasteiger partial charge in [0.2, 0.25) is 0 Å². The highest BCUT2D eigenvalue weighted by Gasteiger charge is 2.28. The van der Waals surface area contributed by atoms with Crippen LogP contribution in [0.5, 0.6) is 11.5 Å². The third-order valence-electron chi connectivity index (χ3n) is 8.75. The minimum absolute atomic E-state index is 0.191. The first-order valence-electron chi connectivity index (χ1n) is 16.2. The Kier molecular flexibility index (Phi) is 8.99. The van der Waals surface area contributed by atoms with Gasteiger partial charge in [-0.2, -0.15) is 0 Å². The molecule has 4 aromatic carbocycles. The molecule has 4 rings (SSSR count). The van der Waals surface area contributed by atoms with Gasteiger partial charge in [-0.25, -0.2) is 0 Å². The molecule has 2 nitrogen and oxygen atoms in total. The van der Waals surface area contributed by atoms with E-state index in [0.29, 0.717) is 11.5 Å². The second-order valence-electron chi connectivity index (χ2n) is 16.8. The predicted octanol–water partition coefficient (Wildman–Crippen LogP) is 12.1. The van der Waals surface area contributed by atoms with Crippen LogP contribution in [0, 0.1) is 6.92 Å². The highest BCUT2D eigenvalue weighted by molar-refractivity contribution is 5.83. The van der Waals surface area contributed by atoms with Gasteiger partial charge in [0.05, 0.1) is 0 Å². The van der Waals surface area contributed by atoms with E-state index < -0.39 is 0 Å². The Morgan fingerprint density at radius 3 is 1.29 bits per heavy atom. The molecule has 45 heavy (non-hydrogen) atoms. The number of rotatable bonds is 4. The Balaban J connectivity index is 1.84. The summed E-state index contributed by atoms with van der Waals surface area (Å²) in [7, 11) is 0. The number of phenols is 2. The Hall–Kier alpha value is -3.78. The van der Waals surface area contributed by atoms with Gasteiger partial charge in [-0.1, -0.05) is 132 Å². The van der Waals surface area contributed by atoms with Crippen molar-refractivity contribution in [1.82, 2.24) is 0 Å². The second kappa shape index (κ2) is 11.9. The van der Waals surface area contributed by atoms with Crippen molar-refractivity contribution in [3.8, 4) is 33.8 Å². The standard InChI is InChI=1S/C43H54O2/c1-27-18-19-28(22-33(27)31-25-36(42(8,9)10)39(45)37(26-31)43(11,12)13)20-21-29-16-14-15-17-32(29)30-23-34(40(2,3)4)38(44)35(24-30)41(5,6)7/h14-26,44-45H,1-13H3/b21-20-. The number of aromatic hydroxyl groups is 2. The van der Waals surface area contributed by atoms with Crippen LogP contribution in [0.4, 0.5) is 0 Å². The lowest BCUT2D eigenvalue weighted by Gasteiger charge is -2.28. The lowest BCUT2D eigenvalue weighted by Crippen LogP contribution is -2.17. The van der Waals surface area contributed by atoms with Crippen LogP contribution < -0.4 is 0 Å². The van der Waals surface area contributed by atoms with E-state index in [4.69, 9.17) is 0 Å². The van der Waals surface area contributed by atoms with Gasteiger partial charge in [0.15, 0.2) is 0 Å². The third kappa shape index (κ3) is 7.38. The molecule has 2 N–H and O–H groups in total. The summed E-state index contributed by atoms with van der Waals surface area (Å²) in [5, 5.41) is 22.6. The van der Waals surface area contributed by atoms with Gasteiger partial charge in [-0.05, 0) is 97.9 Å². The van der Waals surface area contributed by atoms with E-state index in [2.05, 4.69) is 169 Å². The summed E-state index contributed by atoms with van der Waals surface area (Å²) >= 11 is 0. The highest BCUT2D eigenvalue weighted by atomic mass is 16.3. The van der Waals surface area contributed by atoms with Crippen molar-refractivity contribution in [3.05, 3.63) is 106 Å². The van der Waals surface area contributed by atoms with Gasteiger partial charge < -0.3 is 10.2 Å². The van der Waals surface area contributed by atoms with Crippen LogP contribution in [0.1, 0.15) is 122 Å². The lowest BCUT2D eigenvalue weighted by atomic mass is 9.77. The van der Waals surface area contributed by atoms with Crippen LogP contribution in [0.15, 0.2) is 66.7 Å². The molecule has 0 fully saturated rings. The summed E-state index contributed by atoms with van der Waals surface area (Å²) < 4.78 is 0. The topological polar surface area (TPSA) is 40.5 Å². The summed E-state index contributed by atoms with van der Waals surface area (Å²) in [6, 6.07) is 23.8. The van der Waals surface area contributed by atoms with Gasteiger partial charge in [0.1, 0.15) is 11.5 Å². The average Bonchev–Trinajstić information content (AvgIpc) is 2.90. The summed E-state index contributed by atoms with van der Waals surface area (Å²) in [6.45, 7) is 28.0. The Morgan fingerprint density at radius 2 is 0.867 bits per heavy atom. The number of hydrogen-bond acceptors (Lipinski definition) is 2. The maximum atomic E-state index is 11.3. The van der Waals surface area contributed by atoms with Gasteiger partial charge in [0.25, 0.3) is 0 Å². The molecule has 0 unspecified atom stereocenters. The molecule has 2 heteroatoms. The predicted molar refractivity (Wildman–Crippen MR) is 196 cm³/mol. The summed E-state index contributed by atoms with van der Waals surface area (Å²) in [4.78, 5) is 0. The van der Waals surface area contributed by atoms with Crippen molar-refractivity contribution in [2.75, 3.05) is 0 Å². The zero-order valence-electron chi connectivity index (χ0n) is 29.9. The van der Waals surface area contributed by atoms with Crippen LogP contribution >= 0.6 is 0 Å². The molecule has 4 aromatic rings. The van der Waals surface area contributed by atoms with E-state index in [1.54, 1.807) is 0 Å². The SMILES string of the molecule is Cc1ccc(/C=C\c2ccccc2-c2cc(C(C)(C)C)c(O)c(C(C)(C)C)c2)cc1-c1cc(C(C)(C)C)c(O)c(C(C)(C)C)c1. The summed E-state index contributed by atoms with van der Waals surface area (Å²) in [5.41, 5.74) is 11.1. The van der Waals surface area contributed by atoms with Crippen LogP contribution in [0.2, 0.25) is 0 Å². The van der Waals surface area contributed by atoms with E-state index in [1.807, 2.05) is 0 Å². The zero-order valence-corrected chi connectivity index (χ0v) is 29.9. The molecule has 0 radical (unpaired) electrons. The average molecular weight is 603 g/mol. The van der Waals surface area contributed by atoms with E-state index in [1.165, 1.54) is 11.1 Å². The number of benzene rings is 4. The molecule has 0 heterocycles. The fourth-order valence-corrected chi connectivity index (χ4v) is 6.01. The minimum atomic E-state index is -0.197. The van der Waals surface area contributed by atoms with Crippen molar-refractivity contribution < 1.29 is 10.2 Å². The molecule has 0 bridgehead atoms. The van der Waals surface area contributed by atoms with E-state index in [-0.39, 0.29) is 21.7 Å². The molecule has 0 atom stereocenters. The Bertz CT molecular complexity index is 1670. The molecule has 0 saturated heterocycles. The molecule has 0 aliphatic heterocycles. The molecule has 238 valence electrons. The molecule has 0 aliphatic rings. The summed E-state index contributed by atoms with van der Waals surface area (Å²) in [6.07, 6.45) is 4.38. The number of aryl methyl sites for hydroxylation is 1. The van der Waals surface area contributed by atoms with Gasteiger partial charge in [-0.15, -0.1) is 0 Å². The van der Waals surface area contributed by atoms with Crippen LogP contribution in [0.25, 0.3) is 34.4 Å². The molecule has 0 amide bonds. The van der Waals surface area contributed by atoms with Crippen LogP contribution in [0.3, 0.4) is 0 Å². The summed E-state index contributed by atoms with van der Waals surface area (Å²) in [5.74, 6) is 0.806. The van der Waals surface area contributed by atoms with Gasteiger partial charge in [-0.3, -0.25) is 0 Å². The van der Waals surface area contributed by atoms with Crippen LogP contribution in [-0.4, -0.2) is 10.2 Å². The first kappa shape index (κ1) is 34.1. The first-order chi connectivity index (χ1) is 20.6. The minimum Gasteiger partial charge on any atom is -0.507 e. The van der Waals surface area contributed by atoms with E-state index in [0.717, 1.165) is 50.1 Å². The molecular formula is C43H54O2. The second-order valence-corrected chi connectivity index (χ2v) is 16.8. The molecular weight excluding hydrogens is 548 g/mol. The number of hydrogen-bond donors (Lipinski definition) is 2. The maximum Gasteiger partial charge on any atom is 0.123 e. The normalized spacial score (nSPS) is 13.1. The Labute approximate surface area is 272 Å². The molecule has 0 aromatic heterocycles. The molecule has 0 aliphatic carbocycles. The third-order valence-corrected chi connectivity index (χ3v) is 8.75. The monoisotopic (exact) mass is 602 g/mol. The van der Waals surface area contributed by atoms with Crippen LogP contribution in [-0.2, 0) is 21.7 Å². The fourth-order valence-electron chi connectivity index (χ4n) is 6.01. The van der Waals surface area contributed by atoms with Crippen molar-refractivity contribution >= 4 is 12.2 Å². The van der Waals surface area contributed by atoms with Crippen molar-refractivity contribution in [1.29, 1.82) is 0 Å². The van der Waals surface area contributed by atoms with Gasteiger partial charge >= 0.3 is 0 Å². The van der Waals surface area contributed by atoms with Crippen molar-refractivity contribution in [2.24, 2.45) is 0 Å². The fraction of sp³-hybridized carbons (Fsp3) is 0.395. The largest absolute Gasteiger partial charge is 0.507 e.